The lowest BCUT2D eigenvalue weighted by molar-refractivity contribution is -0.132. The third-order valence-corrected chi connectivity index (χ3v) is 4.64. The molecule has 2 bridgehead atoms. The van der Waals surface area contributed by atoms with Crippen molar-refractivity contribution in [3.63, 3.8) is 0 Å². The van der Waals surface area contributed by atoms with Crippen LogP contribution in [0.15, 0.2) is 30.3 Å². The minimum absolute atomic E-state index is 0. The van der Waals surface area contributed by atoms with Gasteiger partial charge in [0.2, 0.25) is 11.7 Å². The van der Waals surface area contributed by atoms with Gasteiger partial charge in [-0.1, -0.05) is 30.3 Å². The highest BCUT2D eigenvalue weighted by Crippen LogP contribution is 2.20. The van der Waals surface area contributed by atoms with Crippen molar-refractivity contribution in [3.8, 4) is 11.4 Å². The molecular formula is C16H21ClN6O. The molecule has 0 radical (unpaired) electrons. The lowest BCUT2D eigenvalue weighted by Crippen LogP contribution is -2.40. The van der Waals surface area contributed by atoms with E-state index in [0.29, 0.717) is 17.9 Å². The summed E-state index contributed by atoms with van der Waals surface area (Å²) in [4.78, 5) is 15.8. The Kier molecular flexibility index (Phi) is 5.11. The van der Waals surface area contributed by atoms with E-state index in [9.17, 15) is 4.79 Å². The molecule has 1 N–H and O–H groups in total. The molecule has 2 aliphatic rings. The fraction of sp³-hybridized carbons (Fsp3) is 0.500. The van der Waals surface area contributed by atoms with Crippen LogP contribution in [0.3, 0.4) is 0 Å². The van der Waals surface area contributed by atoms with Crippen LogP contribution in [0.25, 0.3) is 11.4 Å². The molecule has 128 valence electrons. The normalized spacial score (nSPS) is 22.8. The maximum atomic E-state index is 12.5. The maximum Gasteiger partial charge on any atom is 0.246 e. The summed E-state index contributed by atoms with van der Waals surface area (Å²) in [5.41, 5.74) is 0.905. The highest BCUT2D eigenvalue weighted by Gasteiger charge is 2.31. The first kappa shape index (κ1) is 16.9. The number of aromatic nitrogens is 4. The molecule has 0 spiro atoms. The second-order valence-corrected chi connectivity index (χ2v) is 6.28. The Morgan fingerprint density at radius 3 is 2.79 bits per heavy atom. The van der Waals surface area contributed by atoms with Crippen LogP contribution in [0, 0.1) is 0 Å². The van der Waals surface area contributed by atoms with Gasteiger partial charge in [-0.15, -0.1) is 22.6 Å². The van der Waals surface area contributed by atoms with Gasteiger partial charge in [-0.25, -0.2) is 0 Å². The highest BCUT2D eigenvalue weighted by atomic mass is 35.5. The Morgan fingerprint density at radius 2 is 1.96 bits per heavy atom. The van der Waals surface area contributed by atoms with Gasteiger partial charge in [0.25, 0.3) is 0 Å². The molecule has 8 heteroatoms. The molecule has 0 saturated carbocycles. The monoisotopic (exact) mass is 348 g/mol. The number of benzene rings is 1. The van der Waals surface area contributed by atoms with Crippen molar-refractivity contribution >= 4 is 18.3 Å². The standard InChI is InChI=1S/C16H20N6O.ClH/c23-15(21-9-8-13-6-7-14(10-21)17-13)11-22-19-16(18-20-22)12-4-2-1-3-5-12;/h1-5,13-14,17H,6-11H2;1H. The van der Waals surface area contributed by atoms with E-state index in [4.69, 9.17) is 0 Å². The number of likely N-dealkylation sites (tertiary alicyclic amines) is 1. The van der Waals surface area contributed by atoms with Crippen LogP contribution >= 0.6 is 12.4 Å². The molecule has 2 unspecified atom stereocenters. The fourth-order valence-corrected chi connectivity index (χ4v) is 3.40. The minimum Gasteiger partial charge on any atom is -0.339 e. The predicted molar refractivity (Wildman–Crippen MR) is 91.6 cm³/mol. The van der Waals surface area contributed by atoms with Gasteiger partial charge in [-0.2, -0.15) is 4.80 Å². The van der Waals surface area contributed by atoms with E-state index in [0.717, 1.165) is 31.5 Å². The molecule has 1 aromatic heterocycles. The zero-order chi connectivity index (χ0) is 15.6. The first-order chi connectivity index (χ1) is 11.3. The minimum atomic E-state index is 0. The van der Waals surface area contributed by atoms with Crippen molar-refractivity contribution in [3.05, 3.63) is 30.3 Å². The van der Waals surface area contributed by atoms with Crippen molar-refractivity contribution in [2.75, 3.05) is 13.1 Å². The van der Waals surface area contributed by atoms with Crippen LogP contribution in [-0.4, -0.2) is 56.2 Å². The van der Waals surface area contributed by atoms with E-state index in [-0.39, 0.29) is 24.9 Å². The van der Waals surface area contributed by atoms with E-state index in [1.165, 1.54) is 11.2 Å². The quantitative estimate of drug-likeness (QED) is 0.899. The molecule has 2 aromatic rings. The van der Waals surface area contributed by atoms with Gasteiger partial charge in [0, 0.05) is 30.7 Å². The zero-order valence-corrected chi connectivity index (χ0v) is 14.2. The van der Waals surface area contributed by atoms with Crippen LogP contribution < -0.4 is 5.32 Å². The molecule has 24 heavy (non-hydrogen) atoms. The number of amides is 1. The first-order valence-electron chi connectivity index (χ1n) is 8.15. The van der Waals surface area contributed by atoms with E-state index in [1.807, 2.05) is 35.2 Å². The van der Waals surface area contributed by atoms with Crippen molar-refractivity contribution in [1.82, 2.24) is 30.4 Å². The second kappa shape index (κ2) is 7.27. The summed E-state index contributed by atoms with van der Waals surface area (Å²) in [6.07, 6.45) is 3.42. The molecular weight excluding hydrogens is 328 g/mol. The summed E-state index contributed by atoms with van der Waals surface area (Å²) in [5.74, 6) is 0.617. The number of tetrazole rings is 1. The maximum absolute atomic E-state index is 12.5. The smallest absolute Gasteiger partial charge is 0.246 e. The van der Waals surface area contributed by atoms with E-state index >= 15 is 0 Å². The molecule has 3 heterocycles. The van der Waals surface area contributed by atoms with Gasteiger partial charge in [-0.05, 0) is 24.5 Å². The third kappa shape index (κ3) is 3.57. The van der Waals surface area contributed by atoms with Gasteiger partial charge in [0.1, 0.15) is 6.54 Å². The van der Waals surface area contributed by atoms with Gasteiger partial charge in [0.15, 0.2) is 0 Å². The molecule has 2 fully saturated rings. The first-order valence-corrected chi connectivity index (χ1v) is 8.15. The molecule has 2 saturated heterocycles. The number of halogens is 1. The number of fused-ring (bicyclic) bond motifs is 2. The molecule has 0 aliphatic carbocycles. The lowest BCUT2D eigenvalue weighted by Gasteiger charge is -2.23. The molecule has 1 amide bonds. The topological polar surface area (TPSA) is 75.9 Å². The summed E-state index contributed by atoms with van der Waals surface area (Å²) < 4.78 is 0. The Labute approximate surface area is 146 Å². The van der Waals surface area contributed by atoms with Crippen LogP contribution in [0.5, 0.6) is 0 Å². The summed E-state index contributed by atoms with van der Waals surface area (Å²) in [7, 11) is 0. The number of hydrogen-bond acceptors (Lipinski definition) is 5. The average Bonchev–Trinajstić information content (AvgIpc) is 3.14. The van der Waals surface area contributed by atoms with Crippen molar-refractivity contribution in [2.45, 2.75) is 37.9 Å². The van der Waals surface area contributed by atoms with Crippen molar-refractivity contribution < 1.29 is 4.79 Å². The Morgan fingerprint density at radius 1 is 1.17 bits per heavy atom. The summed E-state index contributed by atoms with van der Waals surface area (Å²) in [6, 6.07) is 10.7. The van der Waals surface area contributed by atoms with Gasteiger partial charge in [-0.3, -0.25) is 4.79 Å². The van der Waals surface area contributed by atoms with Gasteiger partial charge >= 0.3 is 0 Å². The number of nitrogens with zero attached hydrogens (tertiary/aromatic N) is 5. The highest BCUT2D eigenvalue weighted by molar-refractivity contribution is 5.85. The van der Waals surface area contributed by atoms with Crippen molar-refractivity contribution in [2.24, 2.45) is 0 Å². The number of nitrogens with one attached hydrogen (secondary N) is 1. The molecule has 7 nitrogen and oxygen atoms in total. The van der Waals surface area contributed by atoms with Crippen LogP contribution in [0.2, 0.25) is 0 Å². The Hall–Kier alpha value is -1.99. The van der Waals surface area contributed by atoms with Gasteiger partial charge in [0.05, 0.1) is 0 Å². The fourth-order valence-electron chi connectivity index (χ4n) is 3.40. The van der Waals surface area contributed by atoms with Gasteiger partial charge < -0.3 is 10.2 Å². The molecule has 2 aliphatic heterocycles. The second-order valence-electron chi connectivity index (χ2n) is 6.28. The van der Waals surface area contributed by atoms with E-state index < -0.39 is 0 Å². The summed E-state index contributed by atoms with van der Waals surface area (Å²) in [6.45, 7) is 1.75. The van der Waals surface area contributed by atoms with Crippen LogP contribution in [-0.2, 0) is 11.3 Å². The summed E-state index contributed by atoms with van der Waals surface area (Å²) >= 11 is 0. The van der Waals surface area contributed by atoms with E-state index in [2.05, 4.69) is 20.7 Å². The molecule has 1 aromatic carbocycles. The molecule has 4 rings (SSSR count). The Bertz CT molecular complexity index is 691. The summed E-state index contributed by atoms with van der Waals surface area (Å²) in [5, 5.41) is 16.0. The van der Waals surface area contributed by atoms with E-state index in [1.54, 1.807) is 0 Å². The number of hydrogen-bond donors (Lipinski definition) is 1. The molecule has 2 atom stereocenters. The largest absolute Gasteiger partial charge is 0.339 e. The number of carbonyl (C=O) groups excluding carboxylic acids is 1. The SMILES string of the molecule is Cl.O=C(Cn1nnc(-c2ccccc2)n1)N1CCC2CCC(C1)N2. The van der Waals surface area contributed by atoms with Crippen LogP contribution in [0.1, 0.15) is 19.3 Å². The number of rotatable bonds is 3. The average molecular weight is 349 g/mol. The zero-order valence-electron chi connectivity index (χ0n) is 13.3. The number of carbonyl (C=O) groups is 1. The predicted octanol–water partition coefficient (Wildman–Crippen LogP) is 1.11. The lowest BCUT2D eigenvalue weighted by atomic mass is 10.1. The Balaban J connectivity index is 0.00000169. The van der Waals surface area contributed by atoms with Crippen molar-refractivity contribution in [1.29, 1.82) is 0 Å². The third-order valence-electron chi connectivity index (χ3n) is 4.64. The van der Waals surface area contributed by atoms with Crippen LogP contribution in [0.4, 0.5) is 0 Å².